The number of carbonyl (C=O) groups excluding carboxylic acids is 1. The first-order valence-corrected chi connectivity index (χ1v) is 2.92. The van der Waals surface area contributed by atoms with Crippen LogP contribution in [0.3, 0.4) is 0 Å². The average Bonchev–Trinajstić information content (AvgIpc) is 1.81. The molecule has 0 atom stereocenters. The molecular weight excluding hydrogens is 184 g/mol. The first kappa shape index (κ1) is 10.8. The van der Waals surface area contributed by atoms with Crippen molar-refractivity contribution in [2.24, 2.45) is 5.73 Å². The van der Waals surface area contributed by atoms with Gasteiger partial charge in [-0.3, -0.25) is 25.0 Å². The van der Waals surface area contributed by atoms with Crippen molar-refractivity contribution in [3.63, 3.8) is 0 Å². The summed E-state index contributed by atoms with van der Waals surface area (Å²) in [5.41, 5.74) is 4.89. The molecular formula is C4H6N4O5. The molecule has 0 aliphatic heterocycles. The summed E-state index contributed by atoms with van der Waals surface area (Å²) in [4.78, 5) is 27.8. The molecule has 0 aliphatic carbocycles. The smallest absolute Gasteiger partial charge is 0.374 e. The van der Waals surface area contributed by atoms with E-state index in [9.17, 15) is 25.0 Å². The van der Waals surface area contributed by atoms with Crippen molar-refractivity contribution in [3.05, 3.63) is 31.9 Å². The Kier molecular flexibility index (Phi) is 3.32. The normalized spacial score (nSPS) is 8.69. The van der Waals surface area contributed by atoms with Crippen molar-refractivity contribution in [3.8, 4) is 0 Å². The molecule has 0 saturated carbocycles. The van der Waals surface area contributed by atoms with E-state index in [0.29, 0.717) is 0 Å². The molecule has 0 unspecified atom stereocenters. The van der Waals surface area contributed by atoms with Crippen molar-refractivity contribution in [2.75, 3.05) is 0 Å². The van der Waals surface area contributed by atoms with Crippen LogP contribution in [0.1, 0.15) is 6.92 Å². The lowest BCUT2D eigenvalue weighted by Gasteiger charge is -1.96. The fourth-order valence-electron chi connectivity index (χ4n) is 0.509. The Labute approximate surface area is 71.5 Å². The lowest BCUT2D eigenvalue weighted by atomic mass is 10.6. The van der Waals surface area contributed by atoms with E-state index in [1.165, 1.54) is 0 Å². The molecule has 0 saturated heterocycles. The molecule has 0 aliphatic rings. The van der Waals surface area contributed by atoms with Crippen molar-refractivity contribution < 1.29 is 14.6 Å². The van der Waals surface area contributed by atoms with E-state index in [4.69, 9.17) is 5.73 Å². The average molecular weight is 190 g/mol. The molecule has 9 nitrogen and oxygen atoms in total. The van der Waals surface area contributed by atoms with E-state index < -0.39 is 27.4 Å². The van der Waals surface area contributed by atoms with E-state index in [1.807, 2.05) is 0 Å². The van der Waals surface area contributed by atoms with Crippen LogP contribution in [0.4, 0.5) is 0 Å². The van der Waals surface area contributed by atoms with E-state index >= 15 is 0 Å². The van der Waals surface area contributed by atoms with Crippen LogP contribution in [-0.4, -0.2) is 15.8 Å². The maximum atomic E-state index is 10.3. The Bertz CT molecular complexity index is 279. The number of nitro groups is 2. The van der Waals surface area contributed by atoms with Crippen LogP contribution in [0.5, 0.6) is 0 Å². The first-order chi connectivity index (χ1) is 5.86. The zero-order chi connectivity index (χ0) is 10.6. The van der Waals surface area contributed by atoms with Gasteiger partial charge < -0.3 is 11.1 Å². The molecule has 0 aromatic rings. The number of rotatable bonds is 3. The Morgan fingerprint density at radius 2 is 1.69 bits per heavy atom. The molecule has 13 heavy (non-hydrogen) atoms. The van der Waals surface area contributed by atoms with Crippen LogP contribution < -0.4 is 11.1 Å². The van der Waals surface area contributed by atoms with Crippen LogP contribution in [0.25, 0.3) is 0 Å². The van der Waals surface area contributed by atoms with Crippen LogP contribution in [0.2, 0.25) is 0 Å². The summed E-state index contributed by atoms with van der Waals surface area (Å²) in [6.07, 6.45) is 0. The third-order valence-corrected chi connectivity index (χ3v) is 0.897. The minimum absolute atomic E-state index is 0.723. The number of nitrogens with zero attached hydrogens (tertiary/aromatic N) is 2. The van der Waals surface area contributed by atoms with Crippen molar-refractivity contribution in [2.45, 2.75) is 6.92 Å². The minimum Gasteiger partial charge on any atom is -0.374 e. The summed E-state index contributed by atoms with van der Waals surface area (Å²) >= 11 is 0. The van der Waals surface area contributed by atoms with Crippen LogP contribution in [-0.2, 0) is 4.79 Å². The number of hydrogen-bond donors (Lipinski definition) is 2. The minimum atomic E-state index is -1.45. The third kappa shape index (κ3) is 3.14. The van der Waals surface area contributed by atoms with Gasteiger partial charge in [0.25, 0.3) is 5.82 Å². The van der Waals surface area contributed by atoms with Crippen LogP contribution in [0, 0.1) is 20.2 Å². The summed E-state index contributed by atoms with van der Waals surface area (Å²) in [6, 6.07) is 0. The zero-order valence-electron chi connectivity index (χ0n) is 6.51. The number of nitrogens with two attached hydrogens (primary N) is 1. The molecule has 0 aromatic heterocycles. The highest BCUT2D eigenvalue weighted by Gasteiger charge is 2.31. The molecule has 0 heterocycles. The summed E-state index contributed by atoms with van der Waals surface area (Å²) in [5.74, 6) is -3.06. The molecule has 1 amide bonds. The number of carbonyl (C=O) groups is 1. The summed E-state index contributed by atoms with van der Waals surface area (Å²) in [6.45, 7) is 1.02. The molecule has 9 heteroatoms. The molecule has 72 valence electrons. The summed E-state index contributed by atoms with van der Waals surface area (Å²) in [7, 11) is 0. The van der Waals surface area contributed by atoms with Gasteiger partial charge in [0.2, 0.25) is 5.91 Å². The summed E-state index contributed by atoms with van der Waals surface area (Å²) in [5, 5.41) is 21.8. The van der Waals surface area contributed by atoms with E-state index in [1.54, 1.807) is 5.32 Å². The van der Waals surface area contributed by atoms with Gasteiger partial charge in [0.05, 0.1) is 0 Å². The van der Waals surface area contributed by atoms with E-state index in [2.05, 4.69) is 0 Å². The Morgan fingerprint density at radius 3 is 1.92 bits per heavy atom. The maximum Gasteiger partial charge on any atom is 0.599 e. The molecule has 0 aromatic carbocycles. The fraction of sp³-hybridized carbons (Fsp3) is 0.250. The van der Waals surface area contributed by atoms with Crippen LogP contribution in [0.15, 0.2) is 11.6 Å². The topological polar surface area (TPSA) is 141 Å². The quantitative estimate of drug-likeness (QED) is 0.421. The predicted molar refractivity (Wildman–Crippen MR) is 39.0 cm³/mol. The van der Waals surface area contributed by atoms with Gasteiger partial charge in [-0.05, 0) is 0 Å². The highest BCUT2D eigenvalue weighted by Crippen LogP contribution is 1.98. The largest absolute Gasteiger partial charge is 0.599 e. The first-order valence-electron chi connectivity index (χ1n) is 2.92. The van der Waals surface area contributed by atoms with Gasteiger partial charge in [0.15, 0.2) is 0 Å². The lowest BCUT2D eigenvalue weighted by molar-refractivity contribution is -0.617. The van der Waals surface area contributed by atoms with Gasteiger partial charge in [-0.1, -0.05) is 0 Å². The lowest BCUT2D eigenvalue weighted by Crippen LogP contribution is -2.30. The second-order valence-corrected chi connectivity index (χ2v) is 1.93. The molecule has 0 rings (SSSR count). The van der Waals surface area contributed by atoms with Crippen molar-refractivity contribution in [1.82, 2.24) is 5.32 Å². The molecule has 0 radical (unpaired) electrons. The predicted octanol–water partition coefficient (Wildman–Crippen LogP) is -1.24. The highest BCUT2D eigenvalue weighted by molar-refractivity contribution is 5.74. The van der Waals surface area contributed by atoms with E-state index in [0.717, 1.165) is 6.92 Å². The molecule has 0 fully saturated rings. The number of hydrogen-bond acceptors (Lipinski definition) is 6. The van der Waals surface area contributed by atoms with Gasteiger partial charge >= 0.3 is 5.82 Å². The van der Waals surface area contributed by atoms with Crippen LogP contribution >= 0.6 is 0 Å². The van der Waals surface area contributed by atoms with Gasteiger partial charge in [0.1, 0.15) is 9.85 Å². The third-order valence-electron chi connectivity index (χ3n) is 0.897. The van der Waals surface area contributed by atoms with Gasteiger partial charge in [-0.25, -0.2) is 0 Å². The fourth-order valence-corrected chi connectivity index (χ4v) is 0.509. The highest BCUT2D eigenvalue weighted by atomic mass is 16.7. The maximum absolute atomic E-state index is 10.3. The second kappa shape index (κ2) is 3.99. The summed E-state index contributed by atoms with van der Waals surface area (Å²) < 4.78 is 0. The monoisotopic (exact) mass is 190 g/mol. The molecule has 3 N–H and O–H groups in total. The Hall–Kier alpha value is -2.19. The number of amides is 1. The van der Waals surface area contributed by atoms with Gasteiger partial charge in [-0.2, -0.15) is 0 Å². The Balaban J connectivity index is 4.98. The SMILES string of the molecule is CC(=O)NC(N)=C([N+](=O)[O-])[N+](=O)[O-]. The van der Waals surface area contributed by atoms with Crippen molar-refractivity contribution >= 4 is 5.91 Å². The number of nitrogens with one attached hydrogen (secondary N) is 1. The Morgan fingerprint density at radius 1 is 1.31 bits per heavy atom. The zero-order valence-corrected chi connectivity index (χ0v) is 6.51. The second-order valence-electron chi connectivity index (χ2n) is 1.93. The van der Waals surface area contributed by atoms with Crippen molar-refractivity contribution in [1.29, 1.82) is 0 Å². The molecule has 0 spiro atoms. The van der Waals surface area contributed by atoms with E-state index in [-0.39, 0.29) is 0 Å². The molecule has 0 bridgehead atoms. The van der Waals surface area contributed by atoms with Gasteiger partial charge in [0, 0.05) is 6.92 Å². The van der Waals surface area contributed by atoms with Gasteiger partial charge in [-0.15, -0.1) is 0 Å². The standard InChI is InChI=1S/C4H6N4O5/c1-2(9)6-3(5)4(7(10)11)8(12)13/h5H2,1H3,(H,6,9).